The number of benzene rings is 1. The third-order valence-corrected chi connectivity index (χ3v) is 4.07. The van der Waals surface area contributed by atoms with Gasteiger partial charge in [0.25, 0.3) is 0 Å². The summed E-state index contributed by atoms with van der Waals surface area (Å²) in [6, 6.07) is 4.99. The monoisotopic (exact) mass is 383 g/mol. The minimum absolute atomic E-state index is 0.0491. The Hall–Kier alpha value is -1.50. The summed E-state index contributed by atoms with van der Waals surface area (Å²) in [7, 11) is 0. The highest BCUT2D eigenvalue weighted by Crippen LogP contribution is 2.36. The molecule has 1 heterocycles. The molecule has 3 nitrogen and oxygen atoms in total. The van der Waals surface area contributed by atoms with E-state index in [1.165, 1.54) is 18.2 Å². The van der Waals surface area contributed by atoms with Gasteiger partial charge in [-0.3, -0.25) is 4.79 Å². The van der Waals surface area contributed by atoms with Crippen molar-refractivity contribution in [3.63, 3.8) is 0 Å². The van der Waals surface area contributed by atoms with Gasteiger partial charge in [-0.1, -0.05) is 40.9 Å². The zero-order valence-electron chi connectivity index (χ0n) is 11.1. The zero-order valence-corrected chi connectivity index (χ0v) is 13.4. The number of hydrogen-bond donors (Lipinski definition) is 1. The van der Waals surface area contributed by atoms with Gasteiger partial charge in [-0.15, -0.1) is 0 Å². The molecule has 1 N–H and O–H groups in total. The Morgan fingerprint density at radius 2 is 1.70 bits per heavy atom. The molecule has 0 aliphatic rings. The van der Waals surface area contributed by atoms with Crippen LogP contribution < -0.4 is 0 Å². The Morgan fingerprint density at radius 3 is 2.17 bits per heavy atom. The number of pyridine rings is 1. The first kappa shape index (κ1) is 17.8. The van der Waals surface area contributed by atoms with E-state index in [0.717, 1.165) is 6.07 Å². The molecule has 0 bridgehead atoms. The van der Waals surface area contributed by atoms with Crippen molar-refractivity contribution in [2.75, 3.05) is 0 Å². The molecule has 0 fully saturated rings. The number of aliphatic carboxylic acids is 1. The van der Waals surface area contributed by atoms with Crippen LogP contribution in [0.25, 0.3) is 11.3 Å². The molecule has 2 aromatic rings. The number of rotatable bonds is 3. The fraction of sp³-hybridized carbons (Fsp3) is 0.143. The van der Waals surface area contributed by atoms with Gasteiger partial charge in [0.05, 0.1) is 27.2 Å². The molecule has 2 rings (SSSR count). The first-order chi connectivity index (χ1) is 10.6. The highest BCUT2D eigenvalue weighted by Gasteiger charge is 2.36. The molecule has 0 unspecified atom stereocenters. The van der Waals surface area contributed by atoms with Gasteiger partial charge in [0.2, 0.25) is 0 Å². The van der Waals surface area contributed by atoms with Crippen LogP contribution in [-0.4, -0.2) is 16.1 Å². The molecule has 1 aromatic heterocycles. The number of nitrogens with zero attached hydrogens (tertiary/aromatic N) is 1. The van der Waals surface area contributed by atoms with E-state index < -0.39 is 29.8 Å². The van der Waals surface area contributed by atoms with E-state index >= 15 is 0 Å². The topological polar surface area (TPSA) is 50.2 Å². The number of alkyl halides is 3. The molecule has 0 spiro atoms. The minimum atomic E-state index is -4.79. The second-order valence-electron chi connectivity index (χ2n) is 4.53. The SMILES string of the molecule is O=C(O)Cc1ccc(-c2cc(Cl)c(Cl)c(Cl)c2)nc1C(F)(F)F. The largest absolute Gasteiger partial charge is 0.481 e. The summed E-state index contributed by atoms with van der Waals surface area (Å²) in [6.45, 7) is 0. The van der Waals surface area contributed by atoms with Crippen molar-refractivity contribution < 1.29 is 23.1 Å². The van der Waals surface area contributed by atoms with E-state index in [4.69, 9.17) is 39.9 Å². The summed E-state index contributed by atoms with van der Waals surface area (Å²) < 4.78 is 39.3. The number of carbonyl (C=O) groups is 1. The van der Waals surface area contributed by atoms with Crippen LogP contribution in [0.15, 0.2) is 24.3 Å². The van der Waals surface area contributed by atoms with Gasteiger partial charge in [-0.2, -0.15) is 13.2 Å². The summed E-state index contributed by atoms with van der Waals surface area (Å²) in [5, 5.41) is 8.92. The summed E-state index contributed by atoms with van der Waals surface area (Å²) in [4.78, 5) is 14.2. The lowest BCUT2D eigenvalue weighted by molar-refractivity contribution is -0.142. The van der Waals surface area contributed by atoms with Crippen molar-refractivity contribution in [1.82, 2.24) is 4.98 Å². The standard InChI is InChI=1S/C14H7Cl3F3NO2/c15-8-3-7(4-9(16)12(8)17)10-2-1-6(5-11(22)23)13(21-10)14(18,19)20/h1-4H,5H2,(H,22,23). The van der Waals surface area contributed by atoms with Crippen LogP contribution >= 0.6 is 34.8 Å². The predicted octanol–water partition coefficient (Wildman–Crippen LogP) is 5.35. The predicted molar refractivity (Wildman–Crippen MR) is 81.0 cm³/mol. The van der Waals surface area contributed by atoms with Crippen molar-refractivity contribution in [2.45, 2.75) is 12.6 Å². The van der Waals surface area contributed by atoms with Crippen molar-refractivity contribution >= 4 is 40.8 Å². The van der Waals surface area contributed by atoms with Crippen LogP contribution in [-0.2, 0) is 17.4 Å². The number of carboxylic acids is 1. The van der Waals surface area contributed by atoms with Gasteiger partial charge in [0, 0.05) is 5.56 Å². The van der Waals surface area contributed by atoms with Crippen LogP contribution in [0, 0.1) is 0 Å². The second-order valence-corrected chi connectivity index (χ2v) is 5.72. The average molecular weight is 385 g/mol. The highest BCUT2D eigenvalue weighted by atomic mass is 35.5. The molecular weight excluding hydrogens is 378 g/mol. The van der Waals surface area contributed by atoms with Gasteiger partial charge in [0.1, 0.15) is 5.69 Å². The Balaban J connectivity index is 2.59. The minimum Gasteiger partial charge on any atom is -0.481 e. The maximum absolute atomic E-state index is 13.1. The van der Waals surface area contributed by atoms with E-state index in [9.17, 15) is 18.0 Å². The quantitative estimate of drug-likeness (QED) is 0.725. The van der Waals surface area contributed by atoms with E-state index in [0.29, 0.717) is 0 Å². The summed E-state index contributed by atoms with van der Waals surface area (Å²) in [5.74, 6) is -1.39. The summed E-state index contributed by atoms with van der Waals surface area (Å²) in [6.07, 6.45) is -5.58. The van der Waals surface area contributed by atoms with E-state index in [-0.39, 0.29) is 26.3 Å². The maximum Gasteiger partial charge on any atom is 0.433 e. The molecule has 9 heteroatoms. The van der Waals surface area contributed by atoms with Crippen LogP contribution in [0.2, 0.25) is 15.1 Å². The molecule has 0 saturated carbocycles. The lowest BCUT2D eigenvalue weighted by Gasteiger charge is -2.13. The number of carboxylic acid groups (broad SMARTS) is 1. The number of hydrogen-bond acceptors (Lipinski definition) is 2. The molecule has 1 aromatic carbocycles. The Kier molecular flexibility index (Phi) is 5.08. The lowest BCUT2D eigenvalue weighted by Crippen LogP contribution is -2.15. The molecule has 0 amide bonds. The summed E-state index contributed by atoms with van der Waals surface area (Å²) in [5.41, 5.74) is -1.51. The van der Waals surface area contributed by atoms with E-state index in [2.05, 4.69) is 4.98 Å². The fourth-order valence-corrected chi connectivity index (χ4v) is 2.50. The normalized spacial score (nSPS) is 11.6. The number of aromatic nitrogens is 1. The lowest BCUT2D eigenvalue weighted by atomic mass is 10.1. The molecule has 0 aliphatic carbocycles. The Morgan fingerprint density at radius 1 is 1.13 bits per heavy atom. The Bertz CT molecular complexity index is 755. The number of halogens is 6. The summed E-state index contributed by atoms with van der Waals surface area (Å²) >= 11 is 17.5. The van der Waals surface area contributed by atoms with Gasteiger partial charge >= 0.3 is 12.1 Å². The third kappa shape index (κ3) is 4.07. The smallest absolute Gasteiger partial charge is 0.433 e. The van der Waals surface area contributed by atoms with Crippen molar-refractivity contribution in [2.24, 2.45) is 0 Å². The van der Waals surface area contributed by atoms with Crippen LogP contribution in [0.1, 0.15) is 11.3 Å². The van der Waals surface area contributed by atoms with Gasteiger partial charge in [-0.05, 0) is 23.8 Å². The van der Waals surface area contributed by atoms with Gasteiger partial charge in [-0.25, -0.2) is 4.98 Å². The first-order valence-corrected chi connectivity index (χ1v) is 7.17. The first-order valence-electron chi connectivity index (χ1n) is 6.03. The third-order valence-electron chi connectivity index (χ3n) is 2.87. The second kappa shape index (κ2) is 6.55. The Labute approximate surface area is 143 Å². The molecule has 0 radical (unpaired) electrons. The zero-order chi connectivity index (χ0) is 17.4. The highest BCUT2D eigenvalue weighted by molar-refractivity contribution is 6.48. The molecule has 0 aliphatic heterocycles. The van der Waals surface area contributed by atoms with Crippen LogP contribution in [0.5, 0.6) is 0 Å². The maximum atomic E-state index is 13.1. The van der Waals surface area contributed by atoms with Crippen LogP contribution in [0.3, 0.4) is 0 Å². The molecule has 122 valence electrons. The molecule has 0 saturated heterocycles. The van der Waals surface area contributed by atoms with Crippen molar-refractivity contribution in [3.05, 3.63) is 50.6 Å². The van der Waals surface area contributed by atoms with E-state index in [1.54, 1.807) is 0 Å². The average Bonchev–Trinajstić information content (AvgIpc) is 2.42. The molecular formula is C14H7Cl3F3NO2. The molecule has 0 atom stereocenters. The van der Waals surface area contributed by atoms with E-state index in [1.807, 2.05) is 0 Å². The fourth-order valence-electron chi connectivity index (χ4n) is 1.90. The van der Waals surface area contributed by atoms with Gasteiger partial charge in [0.15, 0.2) is 0 Å². The van der Waals surface area contributed by atoms with Crippen molar-refractivity contribution in [1.29, 1.82) is 0 Å². The van der Waals surface area contributed by atoms with Gasteiger partial charge < -0.3 is 5.11 Å². The molecule has 23 heavy (non-hydrogen) atoms. The van der Waals surface area contributed by atoms with Crippen LogP contribution in [0.4, 0.5) is 13.2 Å². The van der Waals surface area contributed by atoms with Crippen molar-refractivity contribution in [3.8, 4) is 11.3 Å².